The summed E-state index contributed by atoms with van der Waals surface area (Å²) in [7, 11) is 1.22. The van der Waals surface area contributed by atoms with Crippen LogP contribution in [-0.4, -0.2) is 103 Å². The first-order chi connectivity index (χ1) is 22.2. The van der Waals surface area contributed by atoms with Gasteiger partial charge in [-0.3, -0.25) is 9.05 Å². The number of ether oxygens (including phenoxy) is 2. The van der Waals surface area contributed by atoms with Gasteiger partial charge in [0.15, 0.2) is 23.2 Å². The van der Waals surface area contributed by atoms with Crippen molar-refractivity contribution in [1.82, 2.24) is 34.5 Å². The number of imidazole rings is 1. The highest BCUT2D eigenvalue weighted by atomic mass is 35.5. The molecule has 2 aliphatic rings. The maximum Gasteiger partial charge on any atom is 0.340 e. The maximum absolute atomic E-state index is 16.1. The Balaban J connectivity index is 1.18. The van der Waals surface area contributed by atoms with Crippen LogP contribution in [0.15, 0.2) is 30.9 Å². The molecule has 16 nitrogen and oxygen atoms in total. The molecule has 2 fully saturated rings. The van der Waals surface area contributed by atoms with Gasteiger partial charge in [-0.15, -0.1) is 5.10 Å². The van der Waals surface area contributed by atoms with Crippen LogP contribution >= 0.6 is 18.3 Å². The quantitative estimate of drug-likeness (QED) is 0.124. The third-order valence-electron chi connectivity index (χ3n) is 8.11. The Bertz CT molecular complexity index is 1840. The molecule has 1 saturated carbocycles. The molecule has 1 saturated heterocycles. The number of halogens is 2. The standard InChI is InChI=1S/C26H27ClFN8O8PS/c1-40-26(39)14-3-2-4-16-20(14)33-34-36(16)25-19(28)22(18(9-38)43-25)44-45(46,41-6-5-29)42-10-13-7-17(15(13)8-37)35-12-32-21-23(27)30-11-31-24(21)35/h2-4,11-13,15,17-19,22,25,37-38H,6-10H2,1H3/t13-,15-,17-,18-,19-,22-,25-,45?/m1/s1. The van der Waals surface area contributed by atoms with E-state index in [0.717, 1.165) is 4.68 Å². The van der Waals surface area contributed by atoms with E-state index in [4.69, 9.17) is 46.5 Å². The Morgan fingerprint density at radius 1 is 1.26 bits per heavy atom. The maximum atomic E-state index is 16.1. The Labute approximate surface area is 270 Å². The molecule has 46 heavy (non-hydrogen) atoms. The van der Waals surface area contributed by atoms with Crippen LogP contribution in [-0.2, 0) is 34.9 Å². The summed E-state index contributed by atoms with van der Waals surface area (Å²) >= 11 is 11.7. The Hall–Kier alpha value is -3.24. The van der Waals surface area contributed by atoms with Gasteiger partial charge in [0.2, 0.25) is 0 Å². The summed E-state index contributed by atoms with van der Waals surface area (Å²) in [4.78, 5) is 24.7. The van der Waals surface area contributed by atoms with Crippen molar-refractivity contribution in [2.45, 2.75) is 37.1 Å². The van der Waals surface area contributed by atoms with E-state index >= 15 is 4.39 Å². The predicted molar refractivity (Wildman–Crippen MR) is 159 cm³/mol. The Kier molecular flexibility index (Phi) is 9.57. The van der Waals surface area contributed by atoms with Crippen molar-refractivity contribution >= 4 is 58.3 Å². The summed E-state index contributed by atoms with van der Waals surface area (Å²) in [6.07, 6.45) is -2.63. The van der Waals surface area contributed by atoms with Crippen LogP contribution in [0.25, 0.3) is 22.2 Å². The molecule has 4 heterocycles. The fourth-order valence-electron chi connectivity index (χ4n) is 5.76. The molecule has 0 spiro atoms. The fraction of sp³-hybridized carbons (Fsp3) is 0.500. The predicted octanol–water partition coefficient (Wildman–Crippen LogP) is 2.27. The molecule has 4 aromatic rings. The summed E-state index contributed by atoms with van der Waals surface area (Å²) in [5.74, 6) is -1.16. The smallest absolute Gasteiger partial charge is 0.340 e. The minimum absolute atomic E-state index is 0.0332. The van der Waals surface area contributed by atoms with Gasteiger partial charge in [-0.25, -0.2) is 28.8 Å². The Morgan fingerprint density at radius 2 is 2.09 bits per heavy atom. The van der Waals surface area contributed by atoms with Crippen molar-refractivity contribution in [1.29, 1.82) is 5.26 Å². The van der Waals surface area contributed by atoms with Gasteiger partial charge in [0.25, 0.3) is 0 Å². The molecule has 0 bridgehead atoms. The SMILES string of the molecule is COC(=O)c1cccc2c1nnn2[C@@H]1O[C@H](CO)[C@@H](OP(=S)(OCC#N)OC[C@H]2C[C@@H](n3cnc4c(Cl)ncnc43)[C@@H]2CO)[C@H]1F. The molecule has 20 heteroatoms. The summed E-state index contributed by atoms with van der Waals surface area (Å²) < 4.78 is 47.0. The number of methoxy groups -OCH3 is 1. The van der Waals surface area contributed by atoms with E-state index in [0.29, 0.717) is 17.6 Å². The summed E-state index contributed by atoms with van der Waals surface area (Å²) in [5, 5.41) is 37.7. The zero-order valence-corrected chi connectivity index (χ0v) is 26.5. The van der Waals surface area contributed by atoms with Crippen LogP contribution in [0.1, 0.15) is 29.0 Å². The van der Waals surface area contributed by atoms with Gasteiger partial charge in [-0.2, -0.15) is 5.26 Å². The molecule has 1 unspecified atom stereocenters. The minimum atomic E-state index is -3.81. The van der Waals surface area contributed by atoms with Gasteiger partial charge >= 0.3 is 12.7 Å². The average Bonchev–Trinajstić information content (AvgIpc) is 3.75. The summed E-state index contributed by atoms with van der Waals surface area (Å²) in [5.41, 5.74) is 1.52. The number of aliphatic hydroxyl groups excluding tert-OH is 2. The molecule has 244 valence electrons. The van der Waals surface area contributed by atoms with Crippen molar-refractivity contribution in [3.63, 3.8) is 0 Å². The highest BCUT2D eigenvalue weighted by Crippen LogP contribution is 2.56. The van der Waals surface area contributed by atoms with Crippen LogP contribution in [0.2, 0.25) is 5.15 Å². The number of nitrogens with zero attached hydrogens (tertiary/aromatic N) is 8. The van der Waals surface area contributed by atoms with Gasteiger partial charge in [0, 0.05) is 18.6 Å². The topological polar surface area (TPSA) is 202 Å². The third kappa shape index (κ3) is 5.87. The molecule has 6 rings (SSSR count). The summed E-state index contributed by atoms with van der Waals surface area (Å²) in [6, 6.07) is 6.25. The van der Waals surface area contributed by atoms with E-state index in [1.807, 2.05) is 10.6 Å². The lowest BCUT2D eigenvalue weighted by molar-refractivity contribution is -0.0514. The van der Waals surface area contributed by atoms with Crippen LogP contribution in [0.5, 0.6) is 0 Å². The molecule has 8 atom stereocenters. The van der Waals surface area contributed by atoms with Gasteiger partial charge in [0.05, 0.1) is 43.8 Å². The van der Waals surface area contributed by atoms with E-state index in [1.54, 1.807) is 18.5 Å². The number of hydrogen-bond donors (Lipinski definition) is 2. The highest BCUT2D eigenvalue weighted by molar-refractivity contribution is 8.07. The van der Waals surface area contributed by atoms with Crippen LogP contribution in [0, 0.1) is 23.2 Å². The second kappa shape index (κ2) is 13.5. The lowest BCUT2D eigenvalue weighted by Gasteiger charge is -2.44. The van der Waals surface area contributed by atoms with E-state index in [9.17, 15) is 20.3 Å². The molecular formula is C26H27ClFN8O8PS. The van der Waals surface area contributed by atoms with Gasteiger partial charge in [-0.1, -0.05) is 22.9 Å². The number of hydrogen-bond acceptors (Lipinski definition) is 15. The molecule has 0 amide bonds. The second-order valence-corrected chi connectivity index (χ2v) is 13.9. The number of fused-ring (bicyclic) bond motifs is 2. The second-order valence-electron chi connectivity index (χ2n) is 10.5. The monoisotopic (exact) mass is 696 g/mol. The van der Waals surface area contributed by atoms with E-state index in [1.165, 1.54) is 19.5 Å². The number of rotatable bonds is 12. The number of aliphatic hydroxyl groups is 2. The van der Waals surface area contributed by atoms with Gasteiger partial charge < -0.3 is 28.8 Å². The summed E-state index contributed by atoms with van der Waals surface area (Å²) in [6.45, 7) is -5.19. The lowest BCUT2D eigenvalue weighted by Crippen LogP contribution is -2.43. The molecule has 0 radical (unpaired) electrons. The Morgan fingerprint density at radius 3 is 2.83 bits per heavy atom. The number of carbonyl (C=O) groups is 1. The normalized spacial score (nSPS) is 27.3. The lowest BCUT2D eigenvalue weighted by atomic mass is 9.70. The van der Waals surface area contributed by atoms with Crippen LogP contribution in [0.4, 0.5) is 4.39 Å². The molecule has 2 N–H and O–H groups in total. The van der Waals surface area contributed by atoms with Crippen molar-refractivity contribution in [2.24, 2.45) is 11.8 Å². The number of benzene rings is 1. The van der Waals surface area contributed by atoms with Crippen LogP contribution in [0.3, 0.4) is 0 Å². The van der Waals surface area contributed by atoms with Gasteiger partial charge in [0.1, 0.15) is 36.2 Å². The van der Waals surface area contributed by atoms with Crippen molar-refractivity contribution in [3.05, 3.63) is 41.6 Å². The zero-order chi connectivity index (χ0) is 32.6. The van der Waals surface area contributed by atoms with E-state index < -0.39 is 50.5 Å². The van der Waals surface area contributed by atoms with Crippen molar-refractivity contribution in [3.8, 4) is 6.07 Å². The van der Waals surface area contributed by atoms with Crippen LogP contribution < -0.4 is 0 Å². The highest BCUT2D eigenvalue weighted by Gasteiger charge is 2.51. The molecule has 1 aromatic carbocycles. The van der Waals surface area contributed by atoms with E-state index in [-0.39, 0.29) is 52.8 Å². The number of nitriles is 1. The molecule has 1 aliphatic carbocycles. The number of esters is 1. The fourth-order valence-corrected chi connectivity index (χ4v) is 7.91. The first-order valence-corrected chi connectivity index (χ1v) is 16.9. The third-order valence-corrected chi connectivity index (χ3v) is 10.7. The first-order valence-electron chi connectivity index (χ1n) is 13.9. The number of carbonyl (C=O) groups excluding carboxylic acids is 1. The van der Waals surface area contributed by atoms with Gasteiger partial charge in [-0.05, 0) is 36.3 Å². The average molecular weight is 697 g/mol. The van der Waals surface area contributed by atoms with Crippen molar-refractivity contribution < 1.29 is 42.4 Å². The largest absolute Gasteiger partial charge is 0.465 e. The first kappa shape index (κ1) is 32.7. The number of alkyl halides is 1. The minimum Gasteiger partial charge on any atom is -0.465 e. The van der Waals surface area contributed by atoms with Crippen molar-refractivity contribution in [2.75, 3.05) is 33.5 Å². The van der Waals surface area contributed by atoms with E-state index in [2.05, 4.69) is 25.3 Å². The zero-order valence-electron chi connectivity index (χ0n) is 24.0. The molecule has 3 aromatic heterocycles. The molecule has 1 aliphatic heterocycles. The molecular weight excluding hydrogens is 670 g/mol. The number of aromatic nitrogens is 7.